The van der Waals surface area contributed by atoms with Gasteiger partial charge in [-0.3, -0.25) is 9.78 Å². The molecule has 2 rings (SSSR count). The first-order valence-electron chi connectivity index (χ1n) is 5.67. The Labute approximate surface area is 104 Å². The highest BCUT2D eigenvalue weighted by molar-refractivity contribution is 5.96. The van der Waals surface area contributed by atoms with Crippen LogP contribution in [0, 0.1) is 0 Å². The monoisotopic (exact) mass is 246 g/mol. The van der Waals surface area contributed by atoms with Gasteiger partial charge in [0.05, 0.1) is 11.8 Å². The van der Waals surface area contributed by atoms with Gasteiger partial charge < -0.3 is 15.4 Å². The molecule has 0 unspecified atom stereocenters. The molecule has 2 aromatic heterocycles. The van der Waals surface area contributed by atoms with Crippen molar-refractivity contribution in [1.29, 1.82) is 0 Å². The van der Waals surface area contributed by atoms with Crippen molar-refractivity contribution in [1.82, 2.24) is 20.3 Å². The first-order chi connectivity index (χ1) is 8.77. The second kappa shape index (κ2) is 5.81. The quantitative estimate of drug-likeness (QED) is 0.683. The number of aryl methyl sites for hydroxylation is 1. The Hall–Kier alpha value is -2.37. The summed E-state index contributed by atoms with van der Waals surface area (Å²) in [4.78, 5) is 22.5. The maximum absolute atomic E-state index is 11.7. The lowest BCUT2D eigenvalue weighted by atomic mass is 10.2. The molecule has 0 saturated carbocycles. The fraction of sp³-hybridized carbons (Fsp3) is 0.250. The van der Waals surface area contributed by atoms with Gasteiger partial charge >= 0.3 is 0 Å². The minimum absolute atomic E-state index is 0.110. The van der Waals surface area contributed by atoms with Crippen LogP contribution in [0.2, 0.25) is 0 Å². The molecule has 0 aliphatic carbocycles. The Morgan fingerprint density at radius 3 is 3.06 bits per heavy atom. The number of pyridine rings is 1. The van der Waals surface area contributed by atoms with Gasteiger partial charge in [-0.05, 0) is 12.5 Å². The number of imidazole rings is 1. The fourth-order valence-electron chi connectivity index (χ4n) is 1.57. The number of aromatic nitrogens is 3. The number of amides is 1. The normalized spacial score (nSPS) is 10.2. The molecule has 3 N–H and O–H groups in total. The number of carbonyl (C=O) groups is 1. The average Bonchev–Trinajstić information content (AvgIpc) is 2.88. The van der Waals surface area contributed by atoms with Gasteiger partial charge in [-0.25, -0.2) is 4.98 Å². The van der Waals surface area contributed by atoms with E-state index >= 15 is 0 Å². The molecule has 0 bridgehead atoms. The summed E-state index contributed by atoms with van der Waals surface area (Å²) in [5.74, 6) is 0.492. The van der Waals surface area contributed by atoms with Crippen LogP contribution in [-0.2, 0) is 6.42 Å². The molecular weight excluding hydrogens is 232 g/mol. The van der Waals surface area contributed by atoms with Crippen LogP contribution in [0.4, 0.5) is 0 Å². The van der Waals surface area contributed by atoms with Gasteiger partial charge in [0.25, 0.3) is 5.91 Å². The molecule has 0 saturated heterocycles. The van der Waals surface area contributed by atoms with Crippen LogP contribution < -0.4 is 5.32 Å². The lowest BCUT2D eigenvalue weighted by Crippen LogP contribution is -2.24. The zero-order valence-electron chi connectivity index (χ0n) is 9.76. The third-order valence-corrected chi connectivity index (χ3v) is 2.48. The van der Waals surface area contributed by atoms with Crippen molar-refractivity contribution in [2.45, 2.75) is 12.8 Å². The summed E-state index contributed by atoms with van der Waals surface area (Å²) in [6, 6.07) is 1.48. The van der Waals surface area contributed by atoms with E-state index in [4.69, 9.17) is 0 Å². The van der Waals surface area contributed by atoms with Gasteiger partial charge in [-0.2, -0.15) is 0 Å². The molecule has 6 nitrogen and oxygen atoms in total. The van der Waals surface area contributed by atoms with Gasteiger partial charge in [0.15, 0.2) is 0 Å². The van der Waals surface area contributed by atoms with Crippen LogP contribution >= 0.6 is 0 Å². The lowest BCUT2D eigenvalue weighted by Gasteiger charge is -2.05. The SMILES string of the molecule is O=C(NCCCc1ncc[nH]1)c1ccncc1O. The van der Waals surface area contributed by atoms with Gasteiger partial charge in [-0.1, -0.05) is 0 Å². The highest BCUT2D eigenvalue weighted by atomic mass is 16.3. The number of carbonyl (C=O) groups excluding carboxylic acids is 1. The predicted molar refractivity (Wildman–Crippen MR) is 65.1 cm³/mol. The number of hydrogen-bond acceptors (Lipinski definition) is 4. The molecule has 2 heterocycles. The van der Waals surface area contributed by atoms with Crippen molar-refractivity contribution >= 4 is 5.91 Å². The van der Waals surface area contributed by atoms with E-state index in [1.54, 1.807) is 12.4 Å². The first kappa shape index (κ1) is 12.1. The van der Waals surface area contributed by atoms with E-state index < -0.39 is 0 Å². The summed E-state index contributed by atoms with van der Waals surface area (Å²) in [7, 11) is 0. The molecule has 94 valence electrons. The van der Waals surface area contributed by atoms with Crippen molar-refractivity contribution in [3.05, 3.63) is 42.2 Å². The minimum Gasteiger partial charge on any atom is -0.505 e. The Bertz CT molecular complexity index is 511. The minimum atomic E-state index is -0.297. The Balaban J connectivity index is 1.77. The van der Waals surface area contributed by atoms with Crippen molar-refractivity contribution in [2.24, 2.45) is 0 Å². The van der Waals surface area contributed by atoms with Crippen LogP contribution in [0.25, 0.3) is 0 Å². The second-order valence-corrected chi connectivity index (χ2v) is 3.79. The van der Waals surface area contributed by atoms with Gasteiger partial charge in [-0.15, -0.1) is 0 Å². The number of aromatic hydroxyl groups is 1. The third-order valence-electron chi connectivity index (χ3n) is 2.48. The zero-order valence-corrected chi connectivity index (χ0v) is 9.76. The van der Waals surface area contributed by atoms with E-state index in [2.05, 4.69) is 20.3 Å². The molecule has 2 aromatic rings. The molecule has 1 amide bonds. The molecule has 0 spiro atoms. The molecule has 0 radical (unpaired) electrons. The predicted octanol–water partition coefficient (Wildman–Crippen LogP) is 0.873. The standard InChI is InChI=1S/C12H14N4O2/c17-10-8-13-5-3-9(10)12(18)16-4-1-2-11-14-6-7-15-11/h3,5-8,17H,1-2,4H2,(H,14,15)(H,16,18). The summed E-state index contributed by atoms with van der Waals surface area (Å²) in [6.45, 7) is 0.529. The van der Waals surface area contributed by atoms with Gasteiger partial charge in [0.2, 0.25) is 0 Å². The molecule has 0 fully saturated rings. The largest absolute Gasteiger partial charge is 0.505 e. The van der Waals surface area contributed by atoms with E-state index in [1.165, 1.54) is 18.5 Å². The number of rotatable bonds is 5. The third kappa shape index (κ3) is 3.07. The first-order valence-corrected chi connectivity index (χ1v) is 5.67. The maximum atomic E-state index is 11.7. The average molecular weight is 246 g/mol. The highest BCUT2D eigenvalue weighted by Crippen LogP contribution is 2.13. The molecule has 6 heteroatoms. The van der Waals surface area contributed by atoms with E-state index in [0.717, 1.165) is 18.7 Å². The highest BCUT2D eigenvalue weighted by Gasteiger charge is 2.09. The Kier molecular flexibility index (Phi) is 3.90. The fourth-order valence-corrected chi connectivity index (χ4v) is 1.57. The summed E-state index contributed by atoms with van der Waals surface area (Å²) in [5.41, 5.74) is 0.239. The molecule has 0 atom stereocenters. The van der Waals surface area contributed by atoms with E-state index in [1.807, 2.05) is 0 Å². The van der Waals surface area contributed by atoms with E-state index in [-0.39, 0.29) is 17.2 Å². The van der Waals surface area contributed by atoms with Crippen LogP contribution in [-0.4, -0.2) is 32.5 Å². The van der Waals surface area contributed by atoms with Crippen LogP contribution in [0.5, 0.6) is 5.75 Å². The van der Waals surface area contributed by atoms with E-state index in [9.17, 15) is 9.90 Å². The number of H-pyrrole nitrogens is 1. The van der Waals surface area contributed by atoms with E-state index in [0.29, 0.717) is 6.54 Å². The molecular formula is C12H14N4O2. The maximum Gasteiger partial charge on any atom is 0.255 e. The smallest absolute Gasteiger partial charge is 0.255 e. The lowest BCUT2D eigenvalue weighted by molar-refractivity contribution is 0.0950. The molecule has 0 aromatic carbocycles. The topological polar surface area (TPSA) is 90.9 Å². The number of aromatic amines is 1. The molecule has 0 aliphatic rings. The van der Waals surface area contributed by atoms with Gasteiger partial charge in [0, 0.05) is 31.6 Å². The zero-order chi connectivity index (χ0) is 12.8. The summed E-state index contributed by atoms with van der Waals surface area (Å²) in [6.07, 6.45) is 7.74. The van der Waals surface area contributed by atoms with Crippen LogP contribution in [0.15, 0.2) is 30.9 Å². The van der Waals surface area contributed by atoms with Crippen LogP contribution in [0.3, 0.4) is 0 Å². The van der Waals surface area contributed by atoms with Crippen molar-refractivity contribution in [2.75, 3.05) is 6.54 Å². The Morgan fingerprint density at radius 1 is 1.44 bits per heavy atom. The number of nitrogens with zero attached hydrogens (tertiary/aromatic N) is 2. The number of hydrogen-bond donors (Lipinski definition) is 3. The van der Waals surface area contributed by atoms with Crippen LogP contribution in [0.1, 0.15) is 22.6 Å². The van der Waals surface area contributed by atoms with Crippen molar-refractivity contribution in [3.63, 3.8) is 0 Å². The Morgan fingerprint density at radius 2 is 2.33 bits per heavy atom. The summed E-state index contributed by atoms with van der Waals surface area (Å²) < 4.78 is 0. The van der Waals surface area contributed by atoms with Crippen molar-refractivity contribution in [3.8, 4) is 5.75 Å². The molecule has 0 aliphatic heterocycles. The summed E-state index contributed by atoms with van der Waals surface area (Å²) in [5, 5.41) is 12.2. The molecule has 18 heavy (non-hydrogen) atoms. The number of nitrogens with one attached hydrogen (secondary N) is 2. The second-order valence-electron chi connectivity index (χ2n) is 3.79. The summed E-state index contributed by atoms with van der Waals surface area (Å²) >= 11 is 0. The van der Waals surface area contributed by atoms with Crippen molar-refractivity contribution < 1.29 is 9.90 Å². The van der Waals surface area contributed by atoms with Gasteiger partial charge in [0.1, 0.15) is 11.6 Å².